The molecule has 0 saturated heterocycles. The van der Waals surface area contributed by atoms with E-state index in [4.69, 9.17) is 0 Å². The molecular formula is C22H22N6OS2. The summed E-state index contributed by atoms with van der Waals surface area (Å²) in [4.78, 5) is 20.9. The van der Waals surface area contributed by atoms with Crippen molar-refractivity contribution >= 4 is 29.0 Å². The van der Waals surface area contributed by atoms with E-state index in [0.717, 1.165) is 27.2 Å². The molecule has 1 N–H and O–H groups in total. The van der Waals surface area contributed by atoms with Gasteiger partial charge in [-0.05, 0) is 45.0 Å². The Morgan fingerprint density at radius 2 is 1.84 bits per heavy atom. The lowest BCUT2D eigenvalue weighted by atomic mass is 10.1. The lowest BCUT2D eigenvalue weighted by Gasteiger charge is -2.19. The molecule has 0 aliphatic carbocycles. The number of nitrogens with zero attached hydrogens (tertiary/aromatic N) is 5. The number of hydrogen-bond donors (Lipinski definition) is 1. The van der Waals surface area contributed by atoms with Crippen molar-refractivity contribution in [1.29, 1.82) is 0 Å². The Balaban J connectivity index is 1.57. The van der Waals surface area contributed by atoms with Crippen molar-refractivity contribution in [2.75, 3.05) is 0 Å². The Morgan fingerprint density at radius 3 is 2.55 bits per heavy atom. The first-order valence-corrected chi connectivity index (χ1v) is 11.6. The second-order valence-corrected chi connectivity index (χ2v) is 9.72. The van der Waals surface area contributed by atoms with Crippen molar-refractivity contribution < 1.29 is 4.79 Å². The summed E-state index contributed by atoms with van der Waals surface area (Å²) in [6.07, 6.45) is 3.48. The summed E-state index contributed by atoms with van der Waals surface area (Å²) in [5.74, 6) is 1.18. The molecule has 3 heterocycles. The van der Waals surface area contributed by atoms with Gasteiger partial charge in [0.2, 0.25) is 0 Å². The molecule has 7 nitrogen and oxygen atoms in total. The molecule has 4 rings (SSSR count). The fraction of sp³-hybridized carbons (Fsp3) is 0.227. The topological polar surface area (TPSA) is 85.6 Å². The van der Waals surface area contributed by atoms with E-state index in [-0.39, 0.29) is 11.4 Å². The quantitative estimate of drug-likeness (QED) is 0.432. The fourth-order valence-electron chi connectivity index (χ4n) is 2.87. The zero-order valence-corrected chi connectivity index (χ0v) is 19.1. The van der Waals surface area contributed by atoms with Gasteiger partial charge in [-0.25, -0.2) is 4.98 Å². The number of rotatable bonds is 6. The Labute approximate surface area is 189 Å². The Bertz CT molecular complexity index is 1170. The summed E-state index contributed by atoms with van der Waals surface area (Å²) in [5, 5.41) is 15.2. The SMILES string of the molecule is CC(C)(C)NC(=O)c1csc(CSc2nnc(-c3ccncc3)n2-c2ccccc2)n1. The highest BCUT2D eigenvalue weighted by Gasteiger charge is 2.19. The van der Waals surface area contributed by atoms with E-state index in [1.807, 2.05) is 67.8 Å². The highest BCUT2D eigenvalue weighted by Crippen LogP contribution is 2.30. The molecule has 0 fully saturated rings. The maximum absolute atomic E-state index is 12.3. The number of carbonyl (C=O) groups is 1. The van der Waals surface area contributed by atoms with E-state index in [9.17, 15) is 4.79 Å². The lowest BCUT2D eigenvalue weighted by Crippen LogP contribution is -2.40. The highest BCUT2D eigenvalue weighted by atomic mass is 32.2. The second-order valence-electron chi connectivity index (χ2n) is 7.83. The monoisotopic (exact) mass is 450 g/mol. The van der Waals surface area contributed by atoms with Gasteiger partial charge in [-0.2, -0.15) is 0 Å². The van der Waals surface area contributed by atoms with Crippen LogP contribution in [0.5, 0.6) is 0 Å². The third-order valence-corrected chi connectivity index (χ3v) is 6.16. The molecule has 0 spiro atoms. The lowest BCUT2D eigenvalue weighted by molar-refractivity contribution is 0.0915. The minimum Gasteiger partial charge on any atom is -0.346 e. The third kappa shape index (κ3) is 5.18. The molecule has 9 heteroatoms. The molecule has 31 heavy (non-hydrogen) atoms. The summed E-state index contributed by atoms with van der Waals surface area (Å²) in [6.45, 7) is 5.85. The zero-order chi connectivity index (χ0) is 21.8. The van der Waals surface area contributed by atoms with Crippen LogP contribution in [0.2, 0.25) is 0 Å². The van der Waals surface area contributed by atoms with Gasteiger partial charge in [-0.1, -0.05) is 30.0 Å². The third-order valence-electron chi connectivity index (χ3n) is 4.18. The summed E-state index contributed by atoms with van der Waals surface area (Å²) in [6, 6.07) is 13.8. The second kappa shape index (κ2) is 8.99. The van der Waals surface area contributed by atoms with Gasteiger partial charge in [-0.3, -0.25) is 14.3 Å². The Morgan fingerprint density at radius 1 is 1.10 bits per heavy atom. The van der Waals surface area contributed by atoms with Crippen molar-refractivity contribution in [3.05, 3.63) is 70.9 Å². The predicted octanol–water partition coefficient (Wildman–Crippen LogP) is 4.61. The average molecular weight is 451 g/mol. The van der Waals surface area contributed by atoms with E-state index < -0.39 is 0 Å². The first-order chi connectivity index (χ1) is 14.9. The first kappa shape index (κ1) is 21.2. The number of nitrogens with one attached hydrogen (secondary N) is 1. The minimum absolute atomic E-state index is 0.160. The maximum Gasteiger partial charge on any atom is 0.271 e. The van der Waals surface area contributed by atoms with Gasteiger partial charge < -0.3 is 5.32 Å². The van der Waals surface area contributed by atoms with Gasteiger partial charge in [0, 0.05) is 34.6 Å². The molecule has 1 aromatic carbocycles. The first-order valence-electron chi connectivity index (χ1n) is 9.72. The number of carbonyl (C=O) groups excluding carboxylic acids is 1. The van der Waals surface area contributed by atoms with E-state index in [1.54, 1.807) is 17.8 Å². The largest absolute Gasteiger partial charge is 0.346 e. The summed E-state index contributed by atoms with van der Waals surface area (Å²) >= 11 is 3.01. The summed E-state index contributed by atoms with van der Waals surface area (Å²) in [5.41, 5.74) is 2.06. The predicted molar refractivity (Wildman–Crippen MR) is 123 cm³/mol. The molecule has 3 aromatic heterocycles. The van der Waals surface area contributed by atoms with Crippen molar-refractivity contribution in [2.24, 2.45) is 0 Å². The van der Waals surface area contributed by atoms with Crippen LogP contribution in [0.25, 0.3) is 17.1 Å². The molecule has 158 valence electrons. The van der Waals surface area contributed by atoms with Gasteiger partial charge in [0.25, 0.3) is 5.91 Å². The Kier molecular flexibility index (Phi) is 6.15. The van der Waals surface area contributed by atoms with Crippen molar-refractivity contribution in [3.8, 4) is 17.1 Å². The number of para-hydroxylation sites is 1. The van der Waals surface area contributed by atoms with Crippen molar-refractivity contribution in [2.45, 2.75) is 37.2 Å². The van der Waals surface area contributed by atoms with Gasteiger partial charge in [-0.15, -0.1) is 21.5 Å². The number of amides is 1. The van der Waals surface area contributed by atoms with E-state index in [1.165, 1.54) is 23.1 Å². The number of benzene rings is 1. The summed E-state index contributed by atoms with van der Waals surface area (Å²) < 4.78 is 2.03. The number of thiazole rings is 1. The zero-order valence-electron chi connectivity index (χ0n) is 17.4. The van der Waals surface area contributed by atoms with Crippen molar-refractivity contribution in [3.63, 3.8) is 0 Å². The molecular weight excluding hydrogens is 428 g/mol. The number of aromatic nitrogens is 5. The van der Waals surface area contributed by atoms with E-state index in [0.29, 0.717) is 11.4 Å². The van der Waals surface area contributed by atoms with Crippen LogP contribution >= 0.6 is 23.1 Å². The molecule has 0 radical (unpaired) electrons. The number of hydrogen-bond acceptors (Lipinski definition) is 7. The van der Waals surface area contributed by atoms with Gasteiger partial charge in [0.05, 0.1) is 5.75 Å². The molecule has 0 bridgehead atoms. The molecule has 1 amide bonds. The standard InChI is InChI=1S/C22H22N6OS2/c1-22(2,3)25-20(29)17-13-30-18(24-17)14-31-21-27-26-19(15-9-11-23-12-10-15)28(21)16-7-5-4-6-8-16/h4-13H,14H2,1-3H3,(H,25,29). The smallest absolute Gasteiger partial charge is 0.271 e. The van der Waals surface area contributed by atoms with Gasteiger partial charge in [0.15, 0.2) is 11.0 Å². The molecule has 0 unspecified atom stereocenters. The van der Waals surface area contributed by atoms with Crippen LogP contribution in [0, 0.1) is 0 Å². The van der Waals surface area contributed by atoms with Crippen LogP contribution in [0.15, 0.2) is 65.4 Å². The van der Waals surface area contributed by atoms with E-state index >= 15 is 0 Å². The molecule has 0 aliphatic heterocycles. The van der Waals surface area contributed by atoms with Crippen LogP contribution in [-0.4, -0.2) is 36.2 Å². The highest BCUT2D eigenvalue weighted by molar-refractivity contribution is 7.98. The Hall–Kier alpha value is -3.04. The van der Waals surface area contributed by atoms with Crippen LogP contribution in [0.3, 0.4) is 0 Å². The minimum atomic E-state index is -0.301. The van der Waals surface area contributed by atoms with E-state index in [2.05, 4.69) is 25.5 Å². The molecule has 0 atom stereocenters. The molecule has 0 saturated carbocycles. The fourth-order valence-corrected chi connectivity index (χ4v) is 4.62. The van der Waals surface area contributed by atoms with Crippen LogP contribution in [-0.2, 0) is 5.75 Å². The average Bonchev–Trinajstić information content (AvgIpc) is 3.39. The van der Waals surface area contributed by atoms with Crippen LogP contribution in [0.1, 0.15) is 36.3 Å². The number of pyridine rings is 1. The van der Waals surface area contributed by atoms with Crippen molar-refractivity contribution in [1.82, 2.24) is 30.0 Å². The number of thioether (sulfide) groups is 1. The van der Waals surface area contributed by atoms with Crippen LogP contribution < -0.4 is 5.32 Å². The molecule has 0 aliphatic rings. The van der Waals surface area contributed by atoms with Gasteiger partial charge >= 0.3 is 0 Å². The molecule has 4 aromatic rings. The van der Waals surface area contributed by atoms with Gasteiger partial charge in [0.1, 0.15) is 10.7 Å². The normalized spacial score (nSPS) is 11.5. The maximum atomic E-state index is 12.3. The van der Waals surface area contributed by atoms with Crippen LogP contribution in [0.4, 0.5) is 0 Å². The summed E-state index contributed by atoms with van der Waals surface area (Å²) in [7, 11) is 0.